The Morgan fingerprint density at radius 1 is 1.77 bits per heavy atom. The third-order valence-corrected chi connectivity index (χ3v) is 2.28. The average molecular weight is 182 g/mol. The maximum Gasteiger partial charge on any atom is 0.0985 e. The summed E-state index contributed by atoms with van der Waals surface area (Å²) in [5, 5.41) is 8.60. The molecule has 0 aromatic carbocycles. The maximum absolute atomic E-state index is 12.5. The van der Waals surface area contributed by atoms with E-state index in [0.29, 0.717) is 6.42 Å². The van der Waals surface area contributed by atoms with Gasteiger partial charge in [-0.25, -0.2) is 4.39 Å². The highest BCUT2D eigenvalue weighted by molar-refractivity contribution is 5.22. The second kappa shape index (κ2) is 4.98. The van der Waals surface area contributed by atoms with Gasteiger partial charge in [-0.15, -0.1) is 0 Å². The summed E-state index contributed by atoms with van der Waals surface area (Å²) in [7, 11) is 0. The summed E-state index contributed by atoms with van der Waals surface area (Å²) in [5.41, 5.74) is 0.865. The largest absolute Gasteiger partial charge is 0.299 e. The average Bonchev–Trinajstić information content (AvgIpc) is 2.15. The summed E-state index contributed by atoms with van der Waals surface area (Å²) >= 11 is 0. The number of hydrogen-bond donors (Lipinski definition) is 0. The predicted octanol–water partition coefficient (Wildman–Crippen LogP) is 1.89. The van der Waals surface area contributed by atoms with Gasteiger partial charge in [-0.05, 0) is 19.8 Å². The zero-order valence-electron chi connectivity index (χ0n) is 7.96. The van der Waals surface area contributed by atoms with Crippen LogP contribution in [-0.2, 0) is 0 Å². The minimum absolute atomic E-state index is 0.593. The van der Waals surface area contributed by atoms with Crippen molar-refractivity contribution in [3.05, 3.63) is 11.6 Å². The smallest absolute Gasteiger partial charge is 0.0985 e. The van der Waals surface area contributed by atoms with Crippen molar-refractivity contribution in [1.29, 1.82) is 5.26 Å². The van der Waals surface area contributed by atoms with Gasteiger partial charge in [0.25, 0.3) is 0 Å². The lowest BCUT2D eigenvalue weighted by Gasteiger charge is -2.24. The topological polar surface area (TPSA) is 27.0 Å². The van der Waals surface area contributed by atoms with E-state index in [0.717, 1.165) is 31.6 Å². The van der Waals surface area contributed by atoms with Crippen LogP contribution in [0.3, 0.4) is 0 Å². The zero-order chi connectivity index (χ0) is 9.68. The molecule has 1 atom stereocenters. The van der Waals surface area contributed by atoms with Crippen molar-refractivity contribution in [1.82, 2.24) is 4.90 Å². The first-order chi connectivity index (χ1) is 6.22. The molecule has 0 aromatic rings. The van der Waals surface area contributed by atoms with Gasteiger partial charge >= 0.3 is 0 Å². The van der Waals surface area contributed by atoms with Gasteiger partial charge in [0.15, 0.2) is 0 Å². The Balaban J connectivity index is 2.26. The van der Waals surface area contributed by atoms with E-state index in [-0.39, 0.29) is 0 Å². The van der Waals surface area contributed by atoms with Gasteiger partial charge in [0.05, 0.1) is 12.2 Å². The van der Waals surface area contributed by atoms with E-state index in [4.69, 9.17) is 5.26 Å². The molecule has 1 aliphatic rings. The second-order valence-electron chi connectivity index (χ2n) is 3.46. The van der Waals surface area contributed by atoms with Gasteiger partial charge in [0, 0.05) is 25.2 Å². The van der Waals surface area contributed by atoms with Crippen molar-refractivity contribution < 1.29 is 4.39 Å². The number of nitriles is 1. The van der Waals surface area contributed by atoms with E-state index in [1.807, 2.05) is 6.08 Å². The summed E-state index contributed by atoms with van der Waals surface area (Å²) < 4.78 is 12.5. The fraction of sp³-hybridized carbons (Fsp3) is 0.700. The molecule has 1 rings (SSSR count). The molecule has 0 bridgehead atoms. The summed E-state index contributed by atoms with van der Waals surface area (Å²) in [6.45, 7) is 4.08. The highest BCUT2D eigenvalue weighted by Crippen LogP contribution is 2.10. The fourth-order valence-corrected chi connectivity index (χ4v) is 1.38. The Kier molecular flexibility index (Phi) is 3.91. The molecule has 0 radical (unpaired) electrons. The van der Waals surface area contributed by atoms with Crippen LogP contribution in [0, 0.1) is 11.3 Å². The van der Waals surface area contributed by atoms with Crippen LogP contribution in [0.4, 0.5) is 4.39 Å². The first kappa shape index (κ1) is 10.2. The normalized spacial score (nSPS) is 20.5. The maximum atomic E-state index is 12.5. The van der Waals surface area contributed by atoms with E-state index < -0.39 is 6.17 Å². The first-order valence-corrected chi connectivity index (χ1v) is 4.68. The fourth-order valence-electron chi connectivity index (χ4n) is 1.38. The molecule has 0 saturated carbocycles. The molecule has 0 saturated heterocycles. The monoisotopic (exact) mass is 182 g/mol. The number of hydrogen-bond acceptors (Lipinski definition) is 2. The van der Waals surface area contributed by atoms with Crippen LogP contribution >= 0.6 is 0 Å². The van der Waals surface area contributed by atoms with Crippen LogP contribution in [0.1, 0.15) is 19.8 Å². The molecule has 3 heteroatoms. The number of halogens is 1. The summed E-state index contributed by atoms with van der Waals surface area (Å²) in [5.74, 6) is 0. The second-order valence-corrected chi connectivity index (χ2v) is 3.46. The minimum Gasteiger partial charge on any atom is -0.299 e. The standard InChI is InChI=1S/C10H15FN2/c1-9(11)2-5-13-6-3-10(8-12)4-7-13/h3,9H,2,4-7H2,1H3. The predicted molar refractivity (Wildman–Crippen MR) is 49.9 cm³/mol. The Labute approximate surface area is 78.6 Å². The van der Waals surface area contributed by atoms with Crippen LogP contribution in [0.15, 0.2) is 11.6 Å². The molecule has 2 nitrogen and oxygen atoms in total. The molecule has 1 aliphatic heterocycles. The van der Waals surface area contributed by atoms with E-state index in [1.165, 1.54) is 0 Å². The van der Waals surface area contributed by atoms with Gasteiger partial charge < -0.3 is 0 Å². The van der Waals surface area contributed by atoms with Crippen LogP contribution in [-0.4, -0.2) is 30.7 Å². The number of nitrogens with zero attached hydrogens (tertiary/aromatic N) is 2. The number of alkyl halides is 1. The Morgan fingerprint density at radius 3 is 3.00 bits per heavy atom. The lowest BCUT2D eigenvalue weighted by molar-refractivity contribution is 0.245. The lowest BCUT2D eigenvalue weighted by Crippen LogP contribution is -2.30. The van der Waals surface area contributed by atoms with Crippen molar-refractivity contribution >= 4 is 0 Å². The molecule has 0 N–H and O–H groups in total. The molecule has 72 valence electrons. The number of rotatable bonds is 3. The van der Waals surface area contributed by atoms with Crippen LogP contribution in [0.2, 0.25) is 0 Å². The van der Waals surface area contributed by atoms with Crippen molar-refractivity contribution in [2.45, 2.75) is 25.9 Å². The summed E-state index contributed by atoms with van der Waals surface area (Å²) in [6.07, 6.45) is 2.63. The molecule has 1 unspecified atom stereocenters. The quantitative estimate of drug-likeness (QED) is 0.666. The Morgan fingerprint density at radius 2 is 2.54 bits per heavy atom. The third-order valence-electron chi connectivity index (χ3n) is 2.28. The van der Waals surface area contributed by atoms with Crippen molar-refractivity contribution in [3.63, 3.8) is 0 Å². The van der Waals surface area contributed by atoms with Gasteiger partial charge in [-0.3, -0.25) is 4.90 Å². The molecule has 13 heavy (non-hydrogen) atoms. The molecule has 0 aromatic heterocycles. The molecular formula is C10H15FN2. The van der Waals surface area contributed by atoms with Crippen LogP contribution < -0.4 is 0 Å². The molecule has 0 fully saturated rings. The zero-order valence-corrected chi connectivity index (χ0v) is 7.96. The molecule has 0 amide bonds. The van der Waals surface area contributed by atoms with Gasteiger partial charge in [-0.1, -0.05) is 6.08 Å². The van der Waals surface area contributed by atoms with Gasteiger partial charge in [0.1, 0.15) is 0 Å². The summed E-state index contributed by atoms with van der Waals surface area (Å²) in [4.78, 5) is 2.18. The highest BCUT2D eigenvalue weighted by Gasteiger charge is 2.11. The van der Waals surface area contributed by atoms with E-state index >= 15 is 0 Å². The van der Waals surface area contributed by atoms with Crippen molar-refractivity contribution in [2.24, 2.45) is 0 Å². The SMILES string of the molecule is CC(F)CCN1CC=C(C#N)CC1. The van der Waals surface area contributed by atoms with Crippen molar-refractivity contribution in [2.75, 3.05) is 19.6 Å². The first-order valence-electron chi connectivity index (χ1n) is 4.68. The van der Waals surface area contributed by atoms with Crippen molar-refractivity contribution in [3.8, 4) is 6.07 Å². The lowest BCUT2D eigenvalue weighted by atomic mass is 10.1. The Hall–Kier alpha value is -0.880. The van der Waals surface area contributed by atoms with E-state index in [2.05, 4.69) is 11.0 Å². The van der Waals surface area contributed by atoms with Gasteiger partial charge in [0.2, 0.25) is 0 Å². The minimum atomic E-state index is -0.721. The molecule has 0 aliphatic carbocycles. The van der Waals surface area contributed by atoms with Crippen LogP contribution in [0.25, 0.3) is 0 Å². The molecule has 1 heterocycles. The van der Waals surface area contributed by atoms with E-state index in [1.54, 1.807) is 6.92 Å². The third kappa shape index (κ3) is 3.56. The Bertz CT molecular complexity index is 228. The van der Waals surface area contributed by atoms with Crippen LogP contribution in [0.5, 0.6) is 0 Å². The van der Waals surface area contributed by atoms with Gasteiger partial charge in [-0.2, -0.15) is 5.26 Å². The van der Waals surface area contributed by atoms with E-state index in [9.17, 15) is 4.39 Å². The molecule has 0 spiro atoms. The summed E-state index contributed by atoms with van der Waals surface area (Å²) in [6, 6.07) is 2.15. The molecular weight excluding hydrogens is 167 g/mol. The highest BCUT2D eigenvalue weighted by atomic mass is 19.1.